The van der Waals surface area contributed by atoms with E-state index < -0.39 is 21.9 Å². The molecule has 2 amide bonds. The maximum Gasteiger partial charge on any atom is 0.294 e. The second-order valence-electron chi connectivity index (χ2n) is 17.3. The normalized spacial score (nSPS) is 11.1. The first kappa shape index (κ1) is 57.9. The van der Waals surface area contributed by atoms with Crippen molar-refractivity contribution in [1.82, 2.24) is 60.0 Å². The molecule has 0 saturated heterocycles. The number of aromatic nitrogens is 10. The summed E-state index contributed by atoms with van der Waals surface area (Å²) in [6.45, 7) is 2.33. The highest BCUT2D eigenvalue weighted by molar-refractivity contribution is 8.93. The van der Waals surface area contributed by atoms with E-state index in [-0.39, 0.29) is 58.9 Å². The molecule has 0 saturated carbocycles. The minimum atomic E-state index is -4.02. The molecule has 0 aliphatic heterocycles. The maximum atomic E-state index is 12.3. The van der Waals surface area contributed by atoms with Crippen molar-refractivity contribution in [2.45, 2.75) is 24.9 Å². The predicted molar refractivity (Wildman–Crippen MR) is 305 cm³/mol. The fourth-order valence-corrected chi connectivity index (χ4v) is 8.80. The maximum absolute atomic E-state index is 12.3. The average molecular weight is 1200 g/mol. The van der Waals surface area contributed by atoms with Crippen LogP contribution in [0.5, 0.6) is 0 Å². The molecule has 21 nitrogen and oxygen atoms in total. The summed E-state index contributed by atoms with van der Waals surface area (Å²) >= 11 is 12.1. The molecule has 0 fully saturated rings. The zero-order valence-corrected chi connectivity index (χ0v) is 46.2. The van der Waals surface area contributed by atoms with Crippen molar-refractivity contribution < 1.29 is 42.4 Å². The molecular formula is C55H47BrCl2N12O9S. The third kappa shape index (κ3) is 14.3. The number of carbonyl (C=O) groups excluding carboxylic acids is 2. The fourth-order valence-electron chi connectivity index (χ4n) is 7.89. The van der Waals surface area contributed by atoms with Gasteiger partial charge >= 0.3 is 0 Å². The number of hydrogen-bond donors (Lipinski definition) is 4. The van der Waals surface area contributed by atoms with Crippen molar-refractivity contribution in [3.8, 4) is 22.5 Å². The number of fused-ring (bicyclic) bond motifs is 4. The number of halogens is 3. The molecule has 0 bridgehead atoms. The summed E-state index contributed by atoms with van der Waals surface area (Å²) in [5.41, 5.74) is 13.4. The largest absolute Gasteiger partial charge is 0.394 e. The van der Waals surface area contributed by atoms with Crippen LogP contribution in [0.2, 0.25) is 5.02 Å². The summed E-state index contributed by atoms with van der Waals surface area (Å²) in [6.07, 6.45) is 3.55. The number of amides is 2. The van der Waals surface area contributed by atoms with Crippen molar-refractivity contribution in [1.29, 1.82) is 0 Å². The zero-order chi connectivity index (χ0) is 55.5. The monoisotopic (exact) mass is 1200 g/mol. The third-order valence-corrected chi connectivity index (χ3v) is 13.2. The number of aliphatic hydroxyl groups is 2. The van der Waals surface area contributed by atoms with E-state index in [1.165, 1.54) is 12.1 Å². The minimum absolute atomic E-state index is 0. The molecule has 408 valence electrons. The van der Waals surface area contributed by atoms with Crippen LogP contribution in [-0.4, -0.2) is 116 Å². The second-order valence-corrected chi connectivity index (χ2v) is 19.4. The van der Waals surface area contributed by atoms with Gasteiger partial charge in [0.25, 0.3) is 21.9 Å². The van der Waals surface area contributed by atoms with Gasteiger partial charge in [-0.2, -0.15) is 8.42 Å². The summed E-state index contributed by atoms with van der Waals surface area (Å²) in [6, 6.07) is 45.3. The van der Waals surface area contributed by atoms with Gasteiger partial charge in [-0.15, -0.1) is 31.8 Å². The van der Waals surface area contributed by atoms with E-state index in [2.05, 4.69) is 48.2 Å². The lowest BCUT2D eigenvalue weighted by Gasteiger charge is -2.12. The summed E-state index contributed by atoms with van der Waals surface area (Å²) in [5, 5.41) is 36.9. The van der Waals surface area contributed by atoms with Crippen LogP contribution in [-0.2, 0) is 32.9 Å². The Hall–Kier alpha value is -8.23. The highest BCUT2D eigenvalue weighted by Crippen LogP contribution is 2.27. The Kier molecular flexibility index (Phi) is 19.3. The number of benzene rings is 5. The van der Waals surface area contributed by atoms with E-state index >= 15 is 0 Å². The molecule has 0 aliphatic rings. The van der Waals surface area contributed by atoms with Gasteiger partial charge in [-0.05, 0) is 115 Å². The van der Waals surface area contributed by atoms with Gasteiger partial charge in [-0.1, -0.05) is 82.2 Å². The van der Waals surface area contributed by atoms with E-state index in [0.29, 0.717) is 51.3 Å². The number of aliphatic hydroxyl groups excluding tert-OH is 2. The lowest BCUT2D eigenvalue weighted by molar-refractivity contribution is -0.0696. The van der Waals surface area contributed by atoms with Gasteiger partial charge in [0.05, 0.1) is 77.4 Å². The molecule has 0 atom stereocenters. The molecule has 25 heteroatoms. The smallest absolute Gasteiger partial charge is 0.294 e. The van der Waals surface area contributed by atoms with Gasteiger partial charge in [0, 0.05) is 51.6 Å². The number of nitrogens with zero attached hydrogens (tertiary/aromatic N) is 11. The number of nitrogens with one attached hydrogen (secondary N) is 1. The summed E-state index contributed by atoms with van der Waals surface area (Å²) in [7, 11) is -4.02. The lowest BCUT2D eigenvalue weighted by atomic mass is 10.1. The van der Waals surface area contributed by atoms with Crippen LogP contribution in [0, 0.1) is 6.92 Å². The van der Waals surface area contributed by atoms with E-state index in [4.69, 9.17) is 57.8 Å². The topological polar surface area (TPSA) is 276 Å². The first-order valence-corrected chi connectivity index (χ1v) is 26.2. The summed E-state index contributed by atoms with van der Waals surface area (Å²) < 4.78 is 33.6. The molecule has 80 heavy (non-hydrogen) atoms. The lowest BCUT2D eigenvalue weighted by Crippen LogP contribution is -2.25. The molecule has 5 aromatic carbocycles. The van der Waals surface area contributed by atoms with Crippen molar-refractivity contribution in [3.05, 3.63) is 197 Å². The molecule has 0 aliphatic carbocycles. The van der Waals surface area contributed by atoms with Crippen LogP contribution in [0.15, 0.2) is 169 Å². The van der Waals surface area contributed by atoms with E-state index in [9.17, 15) is 18.0 Å². The first-order valence-electron chi connectivity index (χ1n) is 24.0. The third-order valence-electron chi connectivity index (χ3n) is 11.8. The first-order chi connectivity index (χ1) is 38.2. The van der Waals surface area contributed by atoms with Gasteiger partial charge in [0.1, 0.15) is 11.0 Å². The standard InChI is InChI=1S/2C24H19ClN6O3.C7H8O3S.BrH/c25-31(34-13-12-32)24(33)18-6-4-17(5-7-18)21-9-10-22-23(27-21)30(29-28-22)15-16-3-8-20-19(14-16)2-1-11-26-20;25-19-13-17(4-5-18(19)24(33)29-34-11-10-32)21-7-8-22-23(27-21)31(30-28-22)14-15-3-6-20-16(12-15)2-1-9-26-20;1-6-2-4-7(5-3-6)11(8,9)10;/h1-11,14,32H,12-13,15H2;1-9,12-13,32H,10-11,14H2,(H,29,33);2-5H,1H3,(H,8,9,10);1H. The Labute approximate surface area is 476 Å². The van der Waals surface area contributed by atoms with Crippen molar-refractivity contribution in [3.63, 3.8) is 0 Å². The van der Waals surface area contributed by atoms with Gasteiger partial charge in [0.15, 0.2) is 11.3 Å². The summed E-state index contributed by atoms with van der Waals surface area (Å²) in [4.78, 5) is 52.4. The molecule has 0 unspecified atom stereocenters. The average Bonchev–Trinajstić information content (AvgIpc) is 4.07. The molecule has 4 N–H and O–H groups in total. The van der Waals surface area contributed by atoms with Crippen LogP contribution in [0.3, 0.4) is 0 Å². The number of carbonyl (C=O) groups is 2. The Bertz CT molecular complexity index is 4080. The minimum Gasteiger partial charge on any atom is -0.394 e. The molecule has 6 heterocycles. The van der Waals surface area contributed by atoms with Gasteiger partial charge in [0.2, 0.25) is 0 Å². The van der Waals surface area contributed by atoms with E-state index in [0.717, 1.165) is 55.3 Å². The SMILES string of the molecule is Br.Cc1ccc(S(=O)(=O)O)cc1.O=C(NOCCO)c1ccc(-c2ccc3nnn(Cc4ccc5ncccc5c4)c3n2)cc1Cl.O=C(c1ccc(-c2ccc3nnn(Cc4ccc5ncccc5c4)c3n2)cc1)N(Cl)OCCO. The Morgan fingerprint density at radius 1 is 0.650 bits per heavy atom. The van der Waals surface area contributed by atoms with Crippen LogP contribution in [0.1, 0.15) is 37.4 Å². The Balaban J connectivity index is 0.000000175. The van der Waals surface area contributed by atoms with E-state index in [1.54, 1.807) is 76.4 Å². The Morgan fingerprint density at radius 2 is 1.18 bits per heavy atom. The number of aryl methyl sites for hydroxylation is 1. The Morgan fingerprint density at radius 3 is 1.70 bits per heavy atom. The van der Waals surface area contributed by atoms with Gasteiger partial charge < -0.3 is 10.2 Å². The molecule has 6 aromatic heterocycles. The summed E-state index contributed by atoms with van der Waals surface area (Å²) in [5.74, 6) is -1.03. The van der Waals surface area contributed by atoms with Crippen molar-refractivity contribution in [2.24, 2.45) is 0 Å². The van der Waals surface area contributed by atoms with Crippen molar-refractivity contribution >= 4 is 106 Å². The van der Waals surface area contributed by atoms with Crippen LogP contribution in [0.25, 0.3) is 66.6 Å². The predicted octanol–water partition coefficient (Wildman–Crippen LogP) is 8.83. The van der Waals surface area contributed by atoms with Crippen molar-refractivity contribution in [2.75, 3.05) is 26.4 Å². The molecular weight excluding hydrogens is 1160 g/mol. The highest BCUT2D eigenvalue weighted by atomic mass is 79.9. The molecule has 11 aromatic rings. The second kappa shape index (κ2) is 26.6. The van der Waals surface area contributed by atoms with Crippen LogP contribution in [0.4, 0.5) is 0 Å². The number of hydrogen-bond acceptors (Lipinski definition) is 16. The molecule has 0 radical (unpaired) electrons. The van der Waals surface area contributed by atoms with Crippen LogP contribution < -0.4 is 5.48 Å². The number of hydroxylamine groups is 2. The highest BCUT2D eigenvalue weighted by Gasteiger charge is 2.18. The number of pyridine rings is 4. The van der Waals surface area contributed by atoms with Gasteiger partial charge in [-0.3, -0.25) is 33.8 Å². The molecule has 11 rings (SSSR count). The van der Waals surface area contributed by atoms with E-state index in [1.807, 2.05) is 79.7 Å². The fraction of sp³-hybridized carbons (Fsp3) is 0.127. The van der Waals surface area contributed by atoms with Gasteiger partial charge in [-0.25, -0.2) is 24.8 Å². The molecule has 0 spiro atoms. The zero-order valence-electron chi connectivity index (χ0n) is 42.1. The number of rotatable bonds is 15. The quantitative estimate of drug-likeness (QED) is 0.0323. The van der Waals surface area contributed by atoms with Crippen LogP contribution >= 0.6 is 40.4 Å².